The van der Waals surface area contributed by atoms with Crippen LogP contribution in [0.4, 0.5) is 11.6 Å². The predicted octanol–water partition coefficient (Wildman–Crippen LogP) is 2.04. The SMILES string of the molecule is Cc1nc(NN)cc(NC2CCc3ccccc3C2)n1. The molecular weight excluding hydrogens is 250 g/mol. The number of anilines is 2. The number of hydrogen-bond acceptors (Lipinski definition) is 5. The van der Waals surface area contributed by atoms with Gasteiger partial charge in [-0.3, -0.25) is 0 Å². The number of nitrogens with zero attached hydrogens (tertiary/aromatic N) is 2. The highest BCUT2D eigenvalue weighted by Crippen LogP contribution is 2.23. The van der Waals surface area contributed by atoms with Crippen molar-refractivity contribution >= 4 is 11.6 Å². The van der Waals surface area contributed by atoms with E-state index in [-0.39, 0.29) is 0 Å². The normalized spacial score (nSPS) is 17.4. The maximum Gasteiger partial charge on any atom is 0.145 e. The standard InChI is InChI=1S/C15H19N5/c1-10-17-14(9-15(18-10)20-16)19-13-7-6-11-4-2-3-5-12(11)8-13/h2-5,9,13H,6-8,16H2,1H3,(H2,17,18,19,20). The number of benzene rings is 1. The van der Waals surface area contributed by atoms with Crippen LogP contribution in [0.5, 0.6) is 0 Å². The molecule has 0 bridgehead atoms. The Morgan fingerprint density at radius 3 is 2.70 bits per heavy atom. The summed E-state index contributed by atoms with van der Waals surface area (Å²) >= 11 is 0. The molecule has 1 unspecified atom stereocenters. The Balaban J connectivity index is 1.75. The molecule has 104 valence electrons. The summed E-state index contributed by atoms with van der Waals surface area (Å²) in [5.74, 6) is 7.59. The lowest BCUT2D eigenvalue weighted by Crippen LogP contribution is -2.28. The van der Waals surface area contributed by atoms with Crippen LogP contribution in [0.3, 0.4) is 0 Å². The molecule has 20 heavy (non-hydrogen) atoms. The van der Waals surface area contributed by atoms with Gasteiger partial charge in [0, 0.05) is 12.1 Å². The van der Waals surface area contributed by atoms with Crippen LogP contribution < -0.4 is 16.6 Å². The summed E-state index contributed by atoms with van der Waals surface area (Å²) < 4.78 is 0. The fourth-order valence-corrected chi connectivity index (χ4v) is 2.75. The van der Waals surface area contributed by atoms with Crippen molar-refractivity contribution < 1.29 is 0 Å². The zero-order valence-electron chi connectivity index (χ0n) is 11.6. The molecule has 0 amide bonds. The van der Waals surface area contributed by atoms with E-state index >= 15 is 0 Å². The van der Waals surface area contributed by atoms with Crippen molar-refractivity contribution in [2.75, 3.05) is 10.7 Å². The van der Waals surface area contributed by atoms with E-state index in [1.807, 2.05) is 13.0 Å². The van der Waals surface area contributed by atoms with Gasteiger partial charge in [-0.15, -0.1) is 0 Å². The van der Waals surface area contributed by atoms with E-state index in [1.54, 1.807) is 0 Å². The molecule has 5 heteroatoms. The molecule has 0 fully saturated rings. The Kier molecular flexibility index (Phi) is 3.52. The molecule has 1 aliphatic rings. The summed E-state index contributed by atoms with van der Waals surface area (Å²) in [5.41, 5.74) is 5.47. The molecule has 1 aliphatic carbocycles. The summed E-state index contributed by atoms with van der Waals surface area (Å²) in [7, 11) is 0. The van der Waals surface area contributed by atoms with Gasteiger partial charge in [-0.25, -0.2) is 15.8 Å². The van der Waals surface area contributed by atoms with E-state index in [4.69, 9.17) is 5.84 Å². The maximum absolute atomic E-state index is 5.42. The van der Waals surface area contributed by atoms with Gasteiger partial charge >= 0.3 is 0 Å². The van der Waals surface area contributed by atoms with Gasteiger partial charge in [-0.05, 0) is 37.3 Å². The predicted molar refractivity (Wildman–Crippen MR) is 80.5 cm³/mol. The quantitative estimate of drug-likeness (QED) is 0.587. The number of aryl methyl sites for hydroxylation is 2. The van der Waals surface area contributed by atoms with Gasteiger partial charge in [0.2, 0.25) is 0 Å². The zero-order chi connectivity index (χ0) is 13.9. The number of fused-ring (bicyclic) bond motifs is 1. The van der Waals surface area contributed by atoms with Crippen molar-refractivity contribution in [1.82, 2.24) is 9.97 Å². The molecule has 1 heterocycles. The molecule has 0 saturated heterocycles. The van der Waals surface area contributed by atoms with Gasteiger partial charge in [0.15, 0.2) is 0 Å². The fourth-order valence-electron chi connectivity index (χ4n) is 2.75. The Bertz CT molecular complexity index is 611. The molecule has 1 aromatic carbocycles. The second-order valence-electron chi connectivity index (χ2n) is 5.18. The second-order valence-corrected chi connectivity index (χ2v) is 5.18. The van der Waals surface area contributed by atoms with Gasteiger partial charge < -0.3 is 10.7 Å². The number of nitrogens with one attached hydrogen (secondary N) is 2. The summed E-state index contributed by atoms with van der Waals surface area (Å²) in [6.45, 7) is 1.86. The van der Waals surface area contributed by atoms with Gasteiger partial charge in [0.1, 0.15) is 17.5 Å². The first-order valence-electron chi connectivity index (χ1n) is 6.90. The number of nitrogens with two attached hydrogens (primary N) is 1. The minimum absolute atomic E-state index is 0.407. The van der Waals surface area contributed by atoms with Crippen LogP contribution in [0.15, 0.2) is 30.3 Å². The Hall–Kier alpha value is -2.14. The second kappa shape index (κ2) is 5.46. The van der Waals surface area contributed by atoms with E-state index < -0.39 is 0 Å². The summed E-state index contributed by atoms with van der Waals surface area (Å²) in [6.07, 6.45) is 3.26. The molecule has 1 atom stereocenters. The van der Waals surface area contributed by atoms with Crippen molar-refractivity contribution in [3.05, 3.63) is 47.3 Å². The molecule has 0 aliphatic heterocycles. The number of hydrogen-bond donors (Lipinski definition) is 3. The van der Waals surface area contributed by atoms with Crippen LogP contribution in [-0.2, 0) is 12.8 Å². The number of aromatic nitrogens is 2. The van der Waals surface area contributed by atoms with Crippen LogP contribution in [-0.4, -0.2) is 16.0 Å². The van der Waals surface area contributed by atoms with Gasteiger partial charge in [0.25, 0.3) is 0 Å². The number of nitrogen functional groups attached to an aromatic ring is 1. The lowest BCUT2D eigenvalue weighted by molar-refractivity contribution is 0.608. The molecule has 0 saturated carbocycles. The fraction of sp³-hybridized carbons (Fsp3) is 0.333. The van der Waals surface area contributed by atoms with E-state index in [0.717, 1.165) is 25.1 Å². The number of rotatable bonds is 3. The molecule has 1 aromatic heterocycles. The van der Waals surface area contributed by atoms with Crippen molar-refractivity contribution in [3.63, 3.8) is 0 Å². The molecule has 5 nitrogen and oxygen atoms in total. The molecule has 2 aromatic rings. The Labute approximate surface area is 118 Å². The molecule has 3 rings (SSSR count). The van der Waals surface area contributed by atoms with Crippen molar-refractivity contribution in [1.29, 1.82) is 0 Å². The monoisotopic (exact) mass is 269 g/mol. The largest absolute Gasteiger partial charge is 0.367 e. The van der Waals surface area contributed by atoms with Gasteiger partial charge in [-0.2, -0.15) is 0 Å². The average molecular weight is 269 g/mol. The third-order valence-electron chi connectivity index (χ3n) is 3.68. The minimum atomic E-state index is 0.407. The summed E-state index contributed by atoms with van der Waals surface area (Å²) in [4.78, 5) is 8.61. The average Bonchev–Trinajstić information content (AvgIpc) is 2.46. The minimum Gasteiger partial charge on any atom is -0.367 e. The van der Waals surface area contributed by atoms with Gasteiger partial charge in [-0.1, -0.05) is 24.3 Å². The topological polar surface area (TPSA) is 75.9 Å². The van der Waals surface area contributed by atoms with Crippen molar-refractivity contribution in [2.24, 2.45) is 5.84 Å². The highest BCUT2D eigenvalue weighted by atomic mass is 15.3. The van der Waals surface area contributed by atoms with Crippen LogP contribution in [0, 0.1) is 6.92 Å². The lowest BCUT2D eigenvalue weighted by atomic mass is 9.88. The van der Waals surface area contributed by atoms with Crippen LogP contribution in [0.1, 0.15) is 23.4 Å². The van der Waals surface area contributed by atoms with Gasteiger partial charge in [0.05, 0.1) is 0 Å². The van der Waals surface area contributed by atoms with Crippen LogP contribution in [0.25, 0.3) is 0 Å². The Morgan fingerprint density at radius 2 is 1.90 bits per heavy atom. The zero-order valence-corrected chi connectivity index (χ0v) is 11.6. The first kappa shape index (κ1) is 12.9. The van der Waals surface area contributed by atoms with E-state index in [2.05, 4.69) is 45.0 Å². The first-order valence-corrected chi connectivity index (χ1v) is 6.90. The highest BCUT2D eigenvalue weighted by molar-refractivity contribution is 5.48. The third kappa shape index (κ3) is 2.72. The van der Waals surface area contributed by atoms with Crippen molar-refractivity contribution in [3.8, 4) is 0 Å². The smallest absolute Gasteiger partial charge is 0.145 e. The molecular formula is C15H19N5. The van der Waals surface area contributed by atoms with Crippen LogP contribution in [0.2, 0.25) is 0 Å². The third-order valence-corrected chi connectivity index (χ3v) is 3.68. The molecule has 0 radical (unpaired) electrons. The summed E-state index contributed by atoms with van der Waals surface area (Å²) in [6, 6.07) is 10.9. The lowest BCUT2D eigenvalue weighted by Gasteiger charge is -2.26. The van der Waals surface area contributed by atoms with E-state index in [0.29, 0.717) is 17.7 Å². The number of hydrazine groups is 1. The maximum atomic E-state index is 5.42. The molecule has 0 spiro atoms. The first-order chi connectivity index (χ1) is 9.74. The van der Waals surface area contributed by atoms with Crippen LogP contribution >= 0.6 is 0 Å². The highest BCUT2D eigenvalue weighted by Gasteiger charge is 2.18. The van der Waals surface area contributed by atoms with Crippen molar-refractivity contribution in [2.45, 2.75) is 32.2 Å². The van der Waals surface area contributed by atoms with E-state index in [9.17, 15) is 0 Å². The van der Waals surface area contributed by atoms with E-state index in [1.165, 1.54) is 11.1 Å². The Morgan fingerprint density at radius 1 is 1.15 bits per heavy atom. The summed E-state index contributed by atoms with van der Waals surface area (Å²) in [5, 5.41) is 3.49. The molecule has 4 N–H and O–H groups in total.